The zero-order valence-electron chi connectivity index (χ0n) is 9.51. The maximum Gasteiger partial charge on any atom is 0.253 e. The monoisotopic (exact) mass is 232 g/mol. The number of anilines is 1. The smallest absolute Gasteiger partial charge is 0.253 e. The van der Waals surface area contributed by atoms with Crippen molar-refractivity contribution in [2.24, 2.45) is 0 Å². The van der Waals surface area contributed by atoms with Crippen LogP contribution in [-0.4, -0.2) is 45.5 Å². The first-order chi connectivity index (χ1) is 8.09. The summed E-state index contributed by atoms with van der Waals surface area (Å²) < 4.78 is 0. The average molecular weight is 232 g/mol. The first-order valence-electron chi connectivity index (χ1n) is 4.95. The van der Waals surface area contributed by atoms with Gasteiger partial charge in [0.25, 0.3) is 5.91 Å². The number of nitrogens with two attached hydrogens (primary N) is 1. The number of carbonyl (C=O) groups is 1. The molecule has 1 amide bonds. The number of carbonyl (C=O) groups excluding carboxylic acids is 1. The summed E-state index contributed by atoms with van der Waals surface area (Å²) in [5, 5.41) is 13.3. The quantitative estimate of drug-likeness (QED) is 0.718. The molecule has 0 bridgehead atoms. The Balaban J connectivity index is 2.47. The van der Waals surface area contributed by atoms with E-state index in [1.165, 1.54) is 4.90 Å². The Hall–Kier alpha value is -2.44. The van der Waals surface area contributed by atoms with Crippen molar-refractivity contribution >= 4 is 11.6 Å². The van der Waals surface area contributed by atoms with Crippen molar-refractivity contribution in [2.45, 2.75) is 0 Å². The van der Waals surface area contributed by atoms with Crippen molar-refractivity contribution in [1.29, 1.82) is 0 Å². The van der Waals surface area contributed by atoms with Gasteiger partial charge in [-0.15, -0.1) is 5.10 Å². The molecule has 88 valence electrons. The molecule has 1 aromatic heterocycles. The van der Waals surface area contributed by atoms with E-state index < -0.39 is 0 Å². The molecule has 2 rings (SSSR count). The lowest BCUT2D eigenvalue weighted by molar-refractivity contribution is 0.0827. The van der Waals surface area contributed by atoms with Crippen molar-refractivity contribution in [1.82, 2.24) is 25.5 Å². The van der Waals surface area contributed by atoms with Crippen LogP contribution in [0.2, 0.25) is 0 Å². The van der Waals surface area contributed by atoms with Crippen LogP contribution in [-0.2, 0) is 0 Å². The maximum atomic E-state index is 11.8. The van der Waals surface area contributed by atoms with Gasteiger partial charge < -0.3 is 10.6 Å². The highest BCUT2D eigenvalue weighted by molar-refractivity contribution is 5.96. The van der Waals surface area contributed by atoms with Gasteiger partial charge in [0.1, 0.15) is 0 Å². The van der Waals surface area contributed by atoms with E-state index in [2.05, 4.69) is 20.6 Å². The predicted molar refractivity (Wildman–Crippen MR) is 62.0 cm³/mol. The van der Waals surface area contributed by atoms with Crippen LogP contribution in [0.1, 0.15) is 10.4 Å². The highest BCUT2D eigenvalue weighted by Gasteiger charge is 2.13. The zero-order valence-corrected chi connectivity index (χ0v) is 9.51. The summed E-state index contributed by atoms with van der Waals surface area (Å²) in [6, 6.07) is 5.00. The molecule has 2 aromatic rings. The second kappa shape index (κ2) is 4.20. The summed E-state index contributed by atoms with van der Waals surface area (Å²) in [6.45, 7) is 0. The van der Waals surface area contributed by atoms with E-state index in [-0.39, 0.29) is 5.91 Å². The van der Waals surface area contributed by atoms with Crippen LogP contribution >= 0.6 is 0 Å². The number of aromatic nitrogens is 4. The molecule has 0 fully saturated rings. The lowest BCUT2D eigenvalue weighted by atomic mass is 10.1. The van der Waals surface area contributed by atoms with Crippen LogP contribution < -0.4 is 5.73 Å². The molecular formula is C10H12N6O. The third-order valence-electron chi connectivity index (χ3n) is 2.31. The first kappa shape index (κ1) is 11.1. The molecule has 0 radical (unpaired) electrons. The Morgan fingerprint density at radius 3 is 2.76 bits per heavy atom. The molecule has 3 N–H and O–H groups in total. The van der Waals surface area contributed by atoms with E-state index in [0.29, 0.717) is 22.6 Å². The summed E-state index contributed by atoms with van der Waals surface area (Å²) in [5.41, 5.74) is 7.48. The molecule has 0 unspecified atom stereocenters. The average Bonchev–Trinajstić information content (AvgIpc) is 2.82. The molecule has 0 atom stereocenters. The zero-order chi connectivity index (χ0) is 12.4. The van der Waals surface area contributed by atoms with E-state index in [9.17, 15) is 4.79 Å². The molecule has 1 heterocycles. The SMILES string of the molecule is CN(C)C(=O)c1ccc(N)c(-c2nnn[nH]2)c1. The number of rotatable bonds is 2. The largest absolute Gasteiger partial charge is 0.398 e. The molecule has 0 spiro atoms. The van der Waals surface area contributed by atoms with Gasteiger partial charge in [-0.25, -0.2) is 5.10 Å². The van der Waals surface area contributed by atoms with Crippen LogP contribution in [0.15, 0.2) is 18.2 Å². The minimum atomic E-state index is -0.0984. The van der Waals surface area contributed by atoms with Gasteiger partial charge in [-0.05, 0) is 28.6 Å². The number of H-pyrrole nitrogens is 1. The van der Waals surface area contributed by atoms with E-state index >= 15 is 0 Å². The summed E-state index contributed by atoms with van der Waals surface area (Å²) in [6.07, 6.45) is 0. The number of aromatic amines is 1. The Labute approximate surface area is 97.6 Å². The summed E-state index contributed by atoms with van der Waals surface area (Å²) in [7, 11) is 3.38. The second-order valence-corrected chi connectivity index (χ2v) is 3.75. The van der Waals surface area contributed by atoms with Crippen LogP contribution in [0.4, 0.5) is 5.69 Å². The molecule has 7 heteroatoms. The van der Waals surface area contributed by atoms with Gasteiger partial charge in [-0.3, -0.25) is 4.79 Å². The van der Waals surface area contributed by atoms with Crippen molar-refractivity contribution in [3.8, 4) is 11.4 Å². The van der Waals surface area contributed by atoms with E-state index in [1.54, 1.807) is 32.3 Å². The number of amides is 1. The van der Waals surface area contributed by atoms with Crippen molar-refractivity contribution in [2.75, 3.05) is 19.8 Å². The summed E-state index contributed by atoms with van der Waals surface area (Å²) >= 11 is 0. The molecule has 0 aliphatic carbocycles. The van der Waals surface area contributed by atoms with Gasteiger partial charge in [0.05, 0.1) is 0 Å². The van der Waals surface area contributed by atoms with Crippen molar-refractivity contribution in [3.63, 3.8) is 0 Å². The Bertz CT molecular complexity index is 534. The Morgan fingerprint density at radius 1 is 1.41 bits per heavy atom. The lowest BCUT2D eigenvalue weighted by Crippen LogP contribution is -2.21. The Morgan fingerprint density at radius 2 is 2.18 bits per heavy atom. The lowest BCUT2D eigenvalue weighted by Gasteiger charge is -2.11. The topological polar surface area (TPSA) is 101 Å². The van der Waals surface area contributed by atoms with Gasteiger partial charge in [0.15, 0.2) is 5.82 Å². The number of hydrogen-bond donors (Lipinski definition) is 2. The second-order valence-electron chi connectivity index (χ2n) is 3.75. The maximum absolute atomic E-state index is 11.8. The standard InChI is InChI=1S/C10H12N6O/c1-16(2)10(17)6-3-4-8(11)7(5-6)9-12-14-15-13-9/h3-5H,11H2,1-2H3,(H,12,13,14,15). The van der Waals surface area contributed by atoms with Gasteiger partial charge in [-0.2, -0.15) is 0 Å². The minimum absolute atomic E-state index is 0.0984. The first-order valence-corrected chi connectivity index (χ1v) is 4.95. The third-order valence-corrected chi connectivity index (χ3v) is 2.31. The molecule has 7 nitrogen and oxygen atoms in total. The van der Waals surface area contributed by atoms with Gasteiger partial charge in [0.2, 0.25) is 0 Å². The number of nitrogens with one attached hydrogen (secondary N) is 1. The third kappa shape index (κ3) is 2.07. The van der Waals surface area contributed by atoms with Crippen molar-refractivity contribution < 1.29 is 4.79 Å². The molecule has 0 aliphatic heterocycles. The summed E-state index contributed by atoms with van der Waals surface area (Å²) in [4.78, 5) is 13.3. The van der Waals surface area contributed by atoms with Gasteiger partial charge >= 0.3 is 0 Å². The number of nitrogens with zero attached hydrogens (tertiary/aromatic N) is 4. The van der Waals surface area contributed by atoms with Crippen LogP contribution in [0, 0.1) is 0 Å². The molecule has 0 saturated heterocycles. The molecule has 1 aromatic carbocycles. The highest BCUT2D eigenvalue weighted by atomic mass is 16.2. The van der Waals surface area contributed by atoms with E-state index in [0.717, 1.165) is 0 Å². The van der Waals surface area contributed by atoms with Crippen LogP contribution in [0.25, 0.3) is 11.4 Å². The van der Waals surface area contributed by atoms with Gasteiger partial charge in [-0.1, -0.05) is 0 Å². The molecular weight excluding hydrogens is 220 g/mol. The van der Waals surface area contributed by atoms with E-state index in [1.807, 2.05) is 0 Å². The van der Waals surface area contributed by atoms with Crippen LogP contribution in [0.3, 0.4) is 0 Å². The van der Waals surface area contributed by atoms with E-state index in [4.69, 9.17) is 5.73 Å². The fourth-order valence-corrected chi connectivity index (χ4v) is 1.43. The number of benzene rings is 1. The number of nitrogen functional groups attached to an aromatic ring is 1. The molecule has 0 aliphatic rings. The van der Waals surface area contributed by atoms with Crippen LogP contribution in [0.5, 0.6) is 0 Å². The van der Waals surface area contributed by atoms with Gasteiger partial charge in [0, 0.05) is 30.9 Å². The molecule has 17 heavy (non-hydrogen) atoms. The van der Waals surface area contributed by atoms with Crippen molar-refractivity contribution in [3.05, 3.63) is 23.8 Å². The predicted octanol–water partition coefficient (Wildman–Crippen LogP) is 0.151. The molecule has 0 saturated carbocycles. The fourth-order valence-electron chi connectivity index (χ4n) is 1.43. The Kier molecular flexibility index (Phi) is 2.73. The minimum Gasteiger partial charge on any atom is -0.398 e. The number of tetrazole rings is 1. The number of hydrogen-bond acceptors (Lipinski definition) is 5. The fraction of sp³-hybridized carbons (Fsp3) is 0.200. The summed E-state index contributed by atoms with van der Waals surface area (Å²) in [5.74, 6) is 0.342. The highest BCUT2D eigenvalue weighted by Crippen LogP contribution is 2.23. The normalized spacial score (nSPS) is 10.2.